The molecule has 2 nitrogen and oxygen atoms in total. The zero-order chi connectivity index (χ0) is 13.8. The molecule has 0 radical (unpaired) electrons. The molecule has 1 aromatic carbocycles. The monoisotopic (exact) mass is 262 g/mol. The highest BCUT2D eigenvalue weighted by Gasteiger charge is 2.25. The predicted octanol–water partition coefficient (Wildman–Crippen LogP) is 3.78. The summed E-state index contributed by atoms with van der Waals surface area (Å²) in [4.78, 5) is 0. The van der Waals surface area contributed by atoms with Crippen LogP contribution >= 0.6 is 0 Å². The van der Waals surface area contributed by atoms with E-state index in [4.69, 9.17) is 0 Å². The van der Waals surface area contributed by atoms with Crippen molar-refractivity contribution in [3.63, 3.8) is 0 Å². The van der Waals surface area contributed by atoms with Crippen LogP contribution in [0.4, 0.5) is 0 Å². The summed E-state index contributed by atoms with van der Waals surface area (Å²) in [6, 6.07) is 8.18. The standard InChI is InChI=1S/C17H26O2/c1-3-12(4-2)16(18)17(19)15-10-8-14(9-11-15)13-6-5-7-13/h8-13,16-19H,3-7H2,1-2H3. The van der Waals surface area contributed by atoms with Crippen molar-refractivity contribution in [2.24, 2.45) is 5.92 Å². The molecule has 0 saturated heterocycles. The molecule has 19 heavy (non-hydrogen) atoms. The van der Waals surface area contributed by atoms with Crippen molar-refractivity contribution in [3.8, 4) is 0 Å². The second kappa shape index (κ2) is 6.53. The fourth-order valence-corrected chi connectivity index (χ4v) is 2.93. The van der Waals surface area contributed by atoms with Gasteiger partial charge in [-0.1, -0.05) is 57.4 Å². The SMILES string of the molecule is CCC(CC)C(O)C(O)c1ccc(C2CCC2)cc1. The molecule has 2 rings (SSSR count). The Labute approximate surface area is 116 Å². The van der Waals surface area contributed by atoms with Gasteiger partial charge in [0.2, 0.25) is 0 Å². The Morgan fingerprint density at radius 2 is 1.63 bits per heavy atom. The number of hydrogen-bond donors (Lipinski definition) is 2. The van der Waals surface area contributed by atoms with Crippen molar-refractivity contribution in [2.45, 2.75) is 64.1 Å². The van der Waals surface area contributed by atoms with Gasteiger partial charge in [-0.05, 0) is 35.8 Å². The van der Waals surface area contributed by atoms with Crippen LogP contribution in [0.2, 0.25) is 0 Å². The van der Waals surface area contributed by atoms with Gasteiger partial charge in [-0.2, -0.15) is 0 Å². The molecule has 1 saturated carbocycles. The van der Waals surface area contributed by atoms with Gasteiger partial charge in [-0.25, -0.2) is 0 Å². The molecular formula is C17H26O2. The summed E-state index contributed by atoms with van der Waals surface area (Å²) in [6.45, 7) is 4.12. The van der Waals surface area contributed by atoms with E-state index in [2.05, 4.69) is 26.0 Å². The van der Waals surface area contributed by atoms with Crippen LogP contribution in [-0.4, -0.2) is 16.3 Å². The van der Waals surface area contributed by atoms with Crippen LogP contribution in [0, 0.1) is 5.92 Å². The number of rotatable bonds is 6. The molecule has 1 aliphatic carbocycles. The Bertz CT molecular complexity index is 377. The van der Waals surface area contributed by atoms with Gasteiger partial charge in [-0.3, -0.25) is 0 Å². The minimum Gasteiger partial charge on any atom is -0.390 e. The summed E-state index contributed by atoms with van der Waals surface area (Å²) in [5.74, 6) is 0.886. The number of hydrogen-bond acceptors (Lipinski definition) is 2. The highest BCUT2D eigenvalue weighted by atomic mass is 16.3. The average Bonchev–Trinajstić information content (AvgIpc) is 2.38. The second-order valence-corrected chi connectivity index (χ2v) is 5.81. The van der Waals surface area contributed by atoms with Gasteiger partial charge in [0.1, 0.15) is 6.10 Å². The van der Waals surface area contributed by atoms with Crippen LogP contribution in [0.25, 0.3) is 0 Å². The predicted molar refractivity (Wildman–Crippen MR) is 78.1 cm³/mol. The highest BCUT2D eigenvalue weighted by Crippen LogP contribution is 2.37. The van der Waals surface area contributed by atoms with E-state index in [0.29, 0.717) is 0 Å². The third kappa shape index (κ3) is 3.18. The van der Waals surface area contributed by atoms with Crippen LogP contribution < -0.4 is 0 Å². The van der Waals surface area contributed by atoms with Gasteiger partial charge < -0.3 is 10.2 Å². The Hall–Kier alpha value is -0.860. The van der Waals surface area contributed by atoms with Gasteiger partial charge >= 0.3 is 0 Å². The fourth-order valence-electron chi connectivity index (χ4n) is 2.93. The van der Waals surface area contributed by atoms with Gasteiger partial charge in [-0.15, -0.1) is 0 Å². The van der Waals surface area contributed by atoms with Crippen molar-refractivity contribution < 1.29 is 10.2 Å². The van der Waals surface area contributed by atoms with Crippen molar-refractivity contribution in [3.05, 3.63) is 35.4 Å². The summed E-state index contributed by atoms with van der Waals surface area (Å²) < 4.78 is 0. The van der Waals surface area contributed by atoms with Gasteiger partial charge in [0, 0.05) is 0 Å². The molecule has 1 aromatic rings. The van der Waals surface area contributed by atoms with E-state index >= 15 is 0 Å². The first-order valence-corrected chi connectivity index (χ1v) is 7.63. The molecular weight excluding hydrogens is 236 g/mol. The molecule has 0 aromatic heterocycles. The van der Waals surface area contributed by atoms with Gasteiger partial charge in [0.25, 0.3) is 0 Å². The number of aliphatic hydroxyl groups excluding tert-OH is 2. The van der Waals surface area contributed by atoms with Crippen LogP contribution in [0.1, 0.15) is 69.1 Å². The van der Waals surface area contributed by atoms with E-state index in [1.807, 2.05) is 12.1 Å². The molecule has 2 heteroatoms. The van der Waals surface area contributed by atoms with Gasteiger partial charge in [0.15, 0.2) is 0 Å². The molecule has 0 amide bonds. The molecule has 2 unspecified atom stereocenters. The lowest BCUT2D eigenvalue weighted by molar-refractivity contribution is -0.0209. The van der Waals surface area contributed by atoms with E-state index < -0.39 is 12.2 Å². The Morgan fingerprint density at radius 1 is 1.05 bits per heavy atom. The number of benzene rings is 1. The van der Waals surface area contributed by atoms with Crippen molar-refractivity contribution in [1.82, 2.24) is 0 Å². The lowest BCUT2D eigenvalue weighted by Crippen LogP contribution is -2.27. The van der Waals surface area contributed by atoms with E-state index in [9.17, 15) is 10.2 Å². The summed E-state index contributed by atoms with van der Waals surface area (Å²) in [5, 5.41) is 20.5. The third-order valence-electron chi connectivity index (χ3n) is 4.71. The van der Waals surface area contributed by atoms with Crippen LogP contribution in [0.3, 0.4) is 0 Å². The molecule has 0 aliphatic heterocycles. The molecule has 0 heterocycles. The molecule has 1 aliphatic rings. The van der Waals surface area contributed by atoms with E-state index in [-0.39, 0.29) is 5.92 Å². The zero-order valence-corrected chi connectivity index (χ0v) is 12.0. The lowest BCUT2D eigenvalue weighted by atomic mass is 9.79. The number of aliphatic hydroxyl groups is 2. The first-order valence-electron chi connectivity index (χ1n) is 7.63. The zero-order valence-electron chi connectivity index (χ0n) is 12.0. The van der Waals surface area contributed by atoms with Crippen LogP contribution in [-0.2, 0) is 0 Å². The first-order chi connectivity index (χ1) is 9.17. The Kier molecular flexibility index (Phi) is 5.00. The smallest absolute Gasteiger partial charge is 0.105 e. The Morgan fingerprint density at radius 3 is 2.05 bits per heavy atom. The van der Waals surface area contributed by atoms with Crippen molar-refractivity contribution in [2.75, 3.05) is 0 Å². The van der Waals surface area contributed by atoms with Crippen molar-refractivity contribution >= 4 is 0 Å². The molecule has 0 bridgehead atoms. The summed E-state index contributed by atoms with van der Waals surface area (Å²) in [5.41, 5.74) is 2.21. The van der Waals surface area contributed by atoms with Crippen LogP contribution in [0.5, 0.6) is 0 Å². The molecule has 1 fully saturated rings. The van der Waals surface area contributed by atoms with Crippen molar-refractivity contribution in [1.29, 1.82) is 0 Å². The summed E-state index contributed by atoms with van der Waals surface area (Å²) in [7, 11) is 0. The highest BCUT2D eigenvalue weighted by molar-refractivity contribution is 5.28. The second-order valence-electron chi connectivity index (χ2n) is 5.81. The molecule has 106 valence electrons. The fraction of sp³-hybridized carbons (Fsp3) is 0.647. The molecule has 2 atom stereocenters. The largest absolute Gasteiger partial charge is 0.390 e. The molecule has 2 N–H and O–H groups in total. The normalized spacial score (nSPS) is 19.2. The maximum Gasteiger partial charge on any atom is 0.105 e. The summed E-state index contributed by atoms with van der Waals surface area (Å²) in [6.07, 6.45) is 4.29. The molecule has 0 spiro atoms. The van der Waals surface area contributed by atoms with E-state index in [0.717, 1.165) is 24.3 Å². The minimum absolute atomic E-state index is 0.168. The topological polar surface area (TPSA) is 40.5 Å². The third-order valence-corrected chi connectivity index (χ3v) is 4.71. The Balaban J connectivity index is 2.03. The van der Waals surface area contributed by atoms with Crippen LogP contribution in [0.15, 0.2) is 24.3 Å². The maximum atomic E-state index is 10.3. The quantitative estimate of drug-likeness (QED) is 0.819. The van der Waals surface area contributed by atoms with E-state index in [1.165, 1.54) is 24.8 Å². The lowest BCUT2D eigenvalue weighted by Gasteiger charge is -2.27. The summed E-state index contributed by atoms with van der Waals surface area (Å²) >= 11 is 0. The maximum absolute atomic E-state index is 10.3. The minimum atomic E-state index is -0.764. The average molecular weight is 262 g/mol. The van der Waals surface area contributed by atoms with E-state index in [1.54, 1.807) is 0 Å². The van der Waals surface area contributed by atoms with Gasteiger partial charge in [0.05, 0.1) is 6.10 Å². The first kappa shape index (κ1) is 14.5.